The summed E-state index contributed by atoms with van der Waals surface area (Å²) in [4.78, 5) is 22.4. The number of carbonyl (C=O) groups excluding carboxylic acids is 1. The first-order valence-corrected chi connectivity index (χ1v) is 5.47. The van der Waals surface area contributed by atoms with Crippen molar-refractivity contribution in [1.29, 1.82) is 0 Å². The van der Waals surface area contributed by atoms with E-state index >= 15 is 0 Å². The van der Waals surface area contributed by atoms with Gasteiger partial charge in [-0.05, 0) is 25.1 Å². The molecule has 19 heavy (non-hydrogen) atoms. The average Bonchev–Trinajstić information content (AvgIpc) is 2.30. The Balaban J connectivity index is 3.00. The van der Waals surface area contributed by atoms with Crippen LogP contribution < -0.4 is 10.1 Å². The van der Waals surface area contributed by atoms with Gasteiger partial charge in [-0.3, -0.25) is 9.59 Å². The molecule has 0 aromatic heterocycles. The van der Waals surface area contributed by atoms with Crippen LogP contribution in [0.2, 0.25) is 5.02 Å². The van der Waals surface area contributed by atoms with Crippen molar-refractivity contribution >= 4 is 23.5 Å². The number of ether oxygens (including phenoxy) is 1. The minimum Gasteiger partial charge on any atom is -0.480 e. The molecule has 0 fully saturated rings. The molecule has 0 saturated carbocycles. The number of carboxylic acid groups (broad SMARTS) is 1. The number of alkyl halides is 2. The maximum absolute atomic E-state index is 12.2. The second kappa shape index (κ2) is 6.33. The SMILES string of the molecule is CC(NC(=O)c1cc(Cl)ccc1OC(F)F)C(=O)O. The smallest absolute Gasteiger partial charge is 0.387 e. The summed E-state index contributed by atoms with van der Waals surface area (Å²) in [6.45, 7) is -1.87. The highest BCUT2D eigenvalue weighted by Gasteiger charge is 2.20. The first kappa shape index (κ1) is 15.2. The fraction of sp³-hybridized carbons (Fsp3) is 0.273. The van der Waals surface area contributed by atoms with Gasteiger partial charge in [-0.15, -0.1) is 0 Å². The van der Waals surface area contributed by atoms with Crippen molar-refractivity contribution in [2.45, 2.75) is 19.6 Å². The van der Waals surface area contributed by atoms with Gasteiger partial charge in [0.05, 0.1) is 5.56 Å². The monoisotopic (exact) mass is 293 g/mol. The molecule has 1 atom stereocenters. The third kappa shape index (κ3) is 4.36. The van der Waals surface area contributed by atoms with E-state index in [4.69, 9.17) is 16.7 Å². The normalized spacial score (nSPS) is 12.1. The Morgan fingerprint density at radius 2 is 2.05 bits per heavy atom. The first-order valence-electron chi connectivity index (χ1n) is 5.09. The molecule has 1 amide bonds. The average molecular weight is 294 g/mol. The molecule has 2 N–H and O–H groups in total. The third-order valence-electron chi connectivity index (χ3n) is 2.12. The predicted molar refractivity (Wildman–Crippen MR) is 62.6 cm³/mol. The standard InChI is InChI=1S/C11H10ClF2NO4/c1-5(10(17)18)15-9(16)7-4-6(12)2-3-8(7)19-11(13)14/h2-5,11H,1H3,(H,15,16)(H,17,18). The van der Waals surface area contributed by atoms with Gasteiger partial charge >= 0.3 is 12.6 Å². The van der Waals surface area contributed by atoms with Crippen molar-refractivity contribution in [3.8, 4) is 5.75 Å². The lowest BCUT2D eigenvalue weighted by atomic mass is 10.1. The maximum Gasteiger partial charge on any atom is 0.387 e. The van der Waals surface area contributed by atoms with E-state index in [1.807, 2.05) is 0 Å². The summed E-state index contributed by atoms with van der Waals surface area (Å²) in [6, 6.07) is 2.32. The molecule has 1 rings (SSSR count). The summed E-state index contributed by atoms with van der Waals surface area (Å²) in [7, 11) is 0. The number of halogens is 3. The molecule has 1 aromatic carbocycles. The number of benzene rings is 1. The lowest BCUT2D eigenvalue weighted by molar-refractivity contribution is -0.138. The molecule has 0 aliphatic rings. The number of nitrogens with one attached hydrogen (secondary N) is 1. The van der Waals surface area contributed by atoms with Gasteiger partial charge in [-0.25, -0.2) is 0 Å². The molecule has 0 radical (unpaired) electrons. The zero-order valence-electron chi connectivity index (χ0n) is 9.69. The summed E-state index contributed by atoms with van der Waals surface area (Å²) in [5, 5.41) is 10.9. The highest BCUT2D eigenvalue weighted by atomic mass is 35.5. The quantitative estimate of drug-likeness (QED) is 0.872. The zero-order valence-corrected chi connectivity index (χ0v) is 10.4. The van der Waals surface area contributed by atoms with Crippen molar-refractivity contribution in [2.75, 3.05) is 0 Å². The fourth-order valence-corrected chi connectivity index (χ4v) is 1.39. The highest BCUT2D eigenvalue weighted by molar-refractivity contribution is 6.31. The molecule has 104 valence electrons. The number of carboxylic acids is 1. The van der Waals surface area contributed by atoms with Crippen molar-refractivity contribution < 1.29 is 28.2 Å². The van der Waals surface area contributed by atoms with Crippen molar-refractivity contribution in [3.63, 3.8) is 0 Å². The van der Waals surface area contributed by atoms with Gasteiger partial charge in [0.1, 0.15) is 11.8 Å². The summed E-state index contributed by atoms with van der Waals surface area (Å²) in [6.07, 6.45) is 0. The molecular formula is C11H10ClF2NO4. The lowest BCUT2D eigenvalue weighted by Gasteiger charge is -2.13. The number of amides is 1. The van der Waals surface area contributed by atoms with Crippen LogP contribution in [0.1, 0.15) is 17.3 Å². The van der Waals surface area contributed by atoms with Crippen LogP contribution in [0.15, 0.2) is 18.2 Å². The van der Waals surface area contributed by atoms with E-state index in [0.717, 1.165) is 12.1 Å². The van der Waals surface area contributed by atoms with E-state index in [2.05, 4.69) is 10.1 Å². The summed E-state index contributed by atoms with van der Waals surface area (Å²) in [5.41, 5.74) is -0.263. The van der Waals surface area contributed by atoms with Crippen LogP contribution in [0.25, 0.3) is 0 Å². The van der Waals surface area contributed by atoms with Crippen molar-refractivity contribution in [1.82, 2.24) is 5.32 Å². The molecule has 0 spiro atoms. The Morgan fingerprint density at radius 3 is 2.58 bits per heavy atom. The second-order valence-corrected chi connectivity index (χ2v) is 3.99. The summed E-state index contributed by atoms with van der Waals surface area (Å²) in [5.74, 6) is -2.51. The van der Waals surface area contributed by atoms with Gasteiger partial charge in [0, 0.05) is 5.02 Å². The molecule has 0 saturated heterocycles. The molecule has 0 bridgehead atoms. The fourth-order valence-electron chi connectivity index (χ4n) is 1.21. The minimum absolute atomic E-state index is 0.134. The van der Waals surface area contributed by atoms with Crippen LogP contribution in [-0.2, 0) is 4.79 Å². The third-order valence-corrected chi connectivity index (χ3v) is 2.36. The molecule has 0 aliphatic heterocycles. The van der Waals surface area contributed by atoms with Crippen molar-refractivity contribution in [2.24, 2.45) is 0 Å². The van der Waals surface area contributed by atoms with Crippen LogP contribution in [0.5, 0.6) is 5.75 Å². The van der Waals surface area contributed by atoms with E-state index < -0.39 is 24.5 Å². The maximum atomic E-state index is 12.2. The highest BCUT2D eigenvalue weighted by Crippen LogP contribution is 2.24. The number of aliphatic carboxylic acids is 1. The Labute approximate surface area is 112 Å². The van der Waals surface area contributed by atoms with Crippen LogP contribution in [-0.4, -0.2) is 29.6 Å². The molecule has 0 heterocycles. The van der Waals surface area contributed by atoms with Crippen molar-refractivity contribution in [3.05, 3.63) is 28.8 Å². The molecule has 8 heteroatoms. The predicted octanol–water partition coefficient (Wildman–Crippen LogP) is 2.14. The molecule has 1 unspecified atom stereocenters. The van der Waals surface area contributed by atoms with Crippen LogP contribution in [0, 0.1) is 0 Å². The Hall–Kier alpha value is -1.89. The van der Waals surface area contributed by atoms with E-state index in [1.165, 1.54) is 13.0 Å². The van der Waals surface area contributed by atoms with Gasteiger partial charge < -0.3 is 15.2 Å². The van der Waals surface area contributed by atoms with Crippen LogP contribution in [0.4, 0.5) is 8.78 Å². The Kier molecular flexibility index (Phi) is 5.05. The Bertz CT molecular complexity index is 496. The molecule has 1 aromatic rings. The largest absolute Gasteiger partial charge is 0.480 e. The number of hydrogen-bond acceptors (Lipinski definition) is 3. The van der Waals surface area contributed by atoms with E-state index in [9.17, 15) is 18.4 Å². The minimum atomic E-state index is -3.11. The number of rotatable bonds is 5. The zero-order chi connectivity index (χ0) is 14.6. The van der Waals surface area contributed by atoms with Gasteiger partial charge in [0.25, 0.3) is 5.91 Å². The summed E-state index contributed by atoms with van der Waals surface area (Å²) >= 11 is 5.66. The molecule has 0 aliphatic carbocycles. The Morgan fingerprint density at radius 1 is 1.42 bits per heavy atom. The van der Waals surface area contributed by atoms with E-state index in [-0.39, 0.29) is 16.3 Å². The van der Waals surface area contributed by atoms with Gasteiger partial charge in [0.15, 0.2) is 0 Å². The van der Waals surface area contributed by atoms with Gasteiger partial charge in [-0.2, -0.15) is 8.78 Å². The molecular weight excluding hydrogens is 284 g/mol. The van der Waals surface area contributed by atoms with Crippen LogP contribution >= 0.6 is 11.6 Å². The van der Waals surface area contributed by atoms with E-state index in [1.54, 1.807) is 0 Å². The lowest BCUT2D eigenvalue weighted by Crippen LogP contribution is -2.38. The van der Waals surface area contributed by atoms with E-state index in [0.29, 0.717) is 0 Å². The number of hydrogen-bond donors (Lipinski definition) is 2. The number of carbonyl (C=O) groups is 2. The first-order chi connectivity index (χ1) is 8.81. The van der Waals surface area contributed by atoms with Gasteiger partial charge in [0.2, 0.25) is 0 Å². The van der Waals surface area contributed by atoms with Gasteiger partial charge in [-0.1, -0.05) is 11.6 Å². The summed E-state index contributed by atoms with van der Waals surface area (Å²) < 4.78 is 28.5. The topological polar surface area (TPSA) is 75.6 Å². The van der Waals surface area contributed by atoms with Crippen LogP contribution in [0.3, 0.4) is 0 Å². The second-order valence-electron chi connectivity index (χ2n) is 3.55. The molecule has 5 nitrogen and oxygen atoms in total.